The normalized spacial score (nSPS) is 10.9. The summed E-state index contributed by atoms with van der Waals surface area (Å²) in [6, 6.07) is 10.3. The minimum Gasteiger partial charge on any atom is -0.299 e. The van der Waals surface area contributed by atoms with E-state index < -0.39 is 0 Å². The van der Waals surface area contributed by atoms with Crippen molar-refractivity contribution < 1.29 is 0 Å². The lowest BCUT2D eigenvalue weighted by atomic mass is 10.2. The number of fused-ring (bicyclic) bond motifs is 1. The van der Waals surface area contributed by atoms with Crippen LogP contribution in [0, 0.1) is 0 Å². The highest BCUT2D eigenvalue weighted by atomic mass is 32.2. The van der Waals surface area contributed by atoms with E-state index in [1.807, 2.05) is 24.5 Å². The van der Waals surface area contributed by atoms with Crippen molar-refractivity contribution in [3.05, 3.63) is 48.4 Å². The van der Waals surface area contributed by atoms with Crippen LogP contribution in [0.3, 0.4) is 0 Å². The van der Waals surface area contributed by atoms with Crippen molar-refractivity contribution in [2.75, 3.05) is 6.26 Å². The van der Waals surface area contributed by atoms with Crippen molar-refractivity contribution in [2.45, 2.75) is 11.7 Å². The molecular formula is C13H12N4S. The average molecular weight is 256 g/mol. The first-order chi connectivity index (χ1) is 8.88. The number of benzene rings is 1. The summed E-state index contributed by atoms with van der Waals surface area (Å²) in [4.78, 5) is 12.9. The molecule has 2 aromatic heterocycles. The molecule has 0 unspecified atom stereocenters. The lowest BCUT2D eigenvalue weighted by Crippen LogP contribution is -2.02. The second-order valence-corrected chi connectivity index (χ2v) is 4.68. The molecule has 3 rings (SSSR count). The molecule has 2 heterocycles. The predicted octanol–water partition coefficient (Wildman–Crippen LogP) is 2.60. The van der Waals surface area contributed by atoms with Gasteiger partial charge < -0.3 is 0 Å². The SMILES string of the molecule is CSc1nc2cncnc2n1Cc1ccccc1. The number of aromatic nitrogens is 4. The fourth-order valence-electron chi connectivity index (χ4n) is 1.92. The van der Waals surface area contributed by atoms with Crippen molar-refractivity contribution in [1.29, 1.82) is 0 Å². The Morgan fingerprint density at radius 1 is 1.22 bits per heavy atom. The maximum Gasteiger partial charge on any atom is 0.170 e. The molecule has 0 saturated heterocycles. The molecule has 18 heavy (non-hydrogen) atoms. The maximum absolute atomic E-state index is 4.53. The maximum atomic E-state index is 4.53. The summed E-state index contributed by atoms with van der Waals surface area (Å²) < 4.78 is 2.12. The van der Waals surface area contributed by atoms with Gasteiger partial charge in [0.05, 0.1) is 12.7 Å². The summed E-state index contributed by atoms with van der Waals surface area (Å²) in [6.45, 7) is 0.782. The first-order valence-corrected chi connectivity index (χ1v) is 6.85. The Morgan fingerprint density at radius 3 is 2.83 bits per heavy atom. The van der Waals surface area contributed by atoms with E-state index in [0.29, 0.717) is 0 Å². The lowest BCUT2D eigenvalue weighted by Gasteiger charge is -2.06. The third-order valence-corrected chi connectivity index (χ3v) is 3.42. The van der Waals surface area contributed by atoms with Gasteiger partial charge in [0.15, 0.2) is 10.8 Å². The molecule has 0 radical (unpaired) electrons. The number of thioether (sulfide) groups is 1. The number of imidazole rings is 1. The first-order valence-electron chi connectivity index (χ1n) is 5.62. The summed E-state index contributed by atoms with van der Waals surface area (Å²) in [5, 5.41) is 0.967. The summed E-state index contributed by atoms with van der Waals surface area (Å²) in [6.07, 6.45) is 5.34. The fourth-order valence-corrected chi connectivity index (χ4v) is 2.48. The van der Waals surface area contributed by atoms with E-state index in [2.05, 4.69) is 31.7 Å². The minimum atomic E-state index is 0.782. The molecule has 0 aliphatic heterocycles. The van der Waals surface area contributed by atoms with E-state index in [1.165, 1.54) is 5.56 Å². The Bertz CT molecular complexity index is 663. The third-order valence-electron chi connectivity index (χ3n) is 2.74. The van der Waals surface area contributed by atoms with Crippen LogP contribution in [0.1, 0.15) is 5.56 Å². The van der Waals surface area contributed by atoms with Crippen molar-refractivity contribution in [2.24, 2.45) is 0 Å². The molecule has 0 spiro atoms. The van der Waals surface area contributed by atoms with Gasteiger partial charge in [0, 0.05) is 0 Å². The van der Waals surface area contributed by atoms with Gasteiger partial charge in [0.1, 0.15) is 11.8 Å². The molecule has 0 aliphatic carbocycles. The molecule has 0 fully saturated rings. The molecule has 4 nitrogen and oxygen atoms in total. The Balaban J connectivity index is 2.10. The van der Waals surface area contributed by atoms with Gasteiger partial charge in [0.2, 0.25) is 0 Å². The summed E-state index contributed by atoms with van der Waals surface area (Å²) in [5.74, 6) is 0. The monoisotopic (exact) mass is 256 g/mol. The number of hydrogen-bond acceptors (Lipinski definition) is 4. The molecule has 0 aliphatic rings. The van der Waals surface area contributed by atoms with E-state index >= 15 is 0 Å². The zero-order chi connectivity index (χ0) is 12.4. The van der Waals surface area contributed by atoms with Gasteiger partial charge in [-0.1, -0.05) is 42.1 Å². The van der Waals surface area contributed by atoms with Crippen molar-refractivity contribution in [1.82, 2.24) is 19.5 Å². The van der Waals surface area contributed by atoms with E-state index in [1.54, 1.807) is 24.3 Å². The summed E-state index contributed by atoms with van der Waals surface area (Å²) >= 11 is 1.62. The van der Waals surface area contributed by atoms with Crippen LogP contribution in [0.15, 0.2) is 48.0 Å². The topological polar surface area (TPSA) is 43.6 Å². The van der Waals surface area contributed by atoms with Crippen LogP contribution in [-0.2, 0) is 6.54 Å². The third kappa shape index (κ3) is 1.97. The van der Waals surface area contributed by atoms with Gasteiger partial charge in [-0.3, -0.25) is 4.57 Å². The molecule has 0 bridgehead atoms. The van der Waals surface area contributed by atoms with E-state index in [9.17, 15) is 0 Å². The van der Waals surface area contributed by atoms with Crippen LogP contribution in [-0.4, -0.2) is 25.8 Å². The second-order valence-electron chi connectivity index (χ2n) is 3.90. The molecule has 90 valence electrons. The minimum absolute atomic E-state index is 0.782. The number of hydrogen-bond donors (Lipinski definition) is 0. The van der Waals surface area contributed by atoms with Crippen molar-refractivity contribution >= 4 is 22.9 Å². The van der Waals surface area contributed by atoms with Gasteiger partial charge in [-0.25, -0.2) is 15.0 Å². The molecule has 0 saturated carbocycles. The van der Waals surface area contributed by atoms with Crippen LogP contribution in [0.4, 0.5) is 0 Å². The second kappa shape index (κ2) is 4.78. The van der Waals surface area contributed by atoms with Crippen molar-refractivity contribution in [3.8, 4) is 0 Å². The molecule has 0 atom stereocenters. The molecule has 5 heteroatoms. The van der Waals surface area contributed by atoms with Crippen LogP contribution in [0.2, 0.25) is 0 Å². The molecule has 0 N–H and O–H groups in total. The van der Waals surface area contributed by atoms with Gasteiger partial charge in [0.25, 0.3) is 0 Å². The number of nitrogens with zero attached hydrogens (tertiary/aromatic N) is 4. The highest BCUT2D eigenvalue weighted by Gasteiger charge is 2.11. The van der Waals surface area contributed by atoms with Gasteiger partial charge in [-0.05, 0) is 11.8 Å². The summed E-state index contributed by atoms with van der Waals surface area (Å²) in [5.41, 5.74) is 2.97. The first kappa shape index (κ1) is 11.2. The molecule has 3 aromatic rings. The smallest absolute Gasteiger partial charge is 0.170 e. The van der Waals surface area contributed by atoms with Crippen LogP contribution in [0.25, 0.3) is 11.2 Å². The van der Waals surface area contributed by atoms with Crippen molar-refractivity contribution in [3.63, 3.8) is 0 Å². The van der Waals surface area contributed by atoms with Crippen LogP contribution >= 0.6 is 11.8 Å². The fraction of sp³-hybridized carbons (Fsp3) is 0.154. The van der Waals surface area contributed by atoms with E-state index in [0.717, 1.165) is 22.9 Å². The zero-order valence-electron chi connectivity index (χ0n) is 9.95. The highest BCUT2D eigenvalue weighted by molar-refractivity contribution is 7.98. The highest BCUT2D eigenvalue weighted by Crippen LogP contribution is 2.21. The van der Waals surface area contributed by atoms with Gasteiger partial charge in [-0.15, -0.1) is 0 Å². The average Bonchev–Trinajstić information content (AvgIpc) is 2.78. The van der Waals surface area contributed by atoms with E-state index in [-0.39, 0.29) is 0 Å². The Labute approximate surface area is 109 Å². The molecule has 0 amide bonds. The predicted molar refractivity (Wildman–Crippen MR) is 72.6 cm³/mol. The lowest BCUT2D eigenvalue weighted by molar-refractivity contribution is 0.724. The molecular weight excluding hydrogens is 244 g/mol. The quantitative estimate of drug-likeness (QED) is 0.676. The Morgan fingerprint density at radius 2 is 2.06 bits per heavy atom. The Kier molecular flexibility index (Phi) is 2.98. The standard InChI is InChI=1S/C13H12N4S/c1-18-13-16-11-7-14-9-15-12(11)17(13)8-10-5-3-2-4-6-10/h2-7,9H,8H2,1H3. The molecule has 1 aromatic carbocycles. The Hall–Kier alpha value is -1.88. The summed E-state index contributed by atoms with van der Waals surface area (Å²) in [7, 11) is 0. The van der Waals surface area contributed by atoms with E-state index in [4.69, 9.17) is 0 Å². The largest absolute Gasteiger partial charge is 0.299 e. The van der Waals surface area contributed by atoms with Gasteiger partial charge >= 0.3 is 0 Å². The number of rotatable bonds is 3. The van der Waals surface area contributed by atoms with Gasteiger partial charge in [-0.2, -0.15) is 0 Å². The zero-order valence-corrected chi connectivity index (χ0v) is 10.8. The van der Waals surface area contributed by atoms with Crippen LogP contribution < -0.4 is 0 Å². The van der Waals surface area contributed by atoms with Crippen LogP contribution in [0.5, 0.6) is 0 Å².